The van der Waals surface area contributed by atoms with Crippen LogP contribution in [0.3, 0.4) is 0 Å². The molecule has 8 nitrogen and oxygen atoms in total. The van der Waals surface area contributed by atoms with Crippen molar-refractivity contribution in [3.63, 3.8) is 0 Å². The molecule has 5 rings (SSSR count). The Balaban J connectivity index is 1.43. The first-order chi connectivity index (χ1) is 17.9. The van der Waals surface area contributed by atoms with Crippen LogP contribution in [-0.2, 0) is 16.0 Å². The second kappa shape index (κ2) is 10.5. The first-order valence-electron chi connectivity index (χ1n) is 13.2. The summed E-state index contributed by atoms with van der Waals surface area (Å²) in [6.45, 7) is 6.03. The van der Waals surface area contributed by atoms with Crippen molar-refractivity contribution in [3.05, 3.63) is 47.5 Å². The molecule has 4 heterocycles. The minimum absolute atomic E-state index is 0.0549. The summed E-state index contributed by atoms with van der Waals surface area (Å²) in [7, 11) is 1.39. The Morgan fingerprint density at radius 1 is 1.11 bits per heavy atom. The summed E-state index contributed by atoms with van der Waals surface area (Å²) >= 11 is 0. The number of nitrogens with zero attached hydrogens (tertiary/aromatic N) is 5. The maximum atomic E-state index is 15.3. The molecule has 3 aromatic rings. The molecule has 1 amide bonds. The Morgan fingerprint density at radius 2 is 1.95 bits per heavy atom. The zero-order chi connectivity index (χ0) is 26.1. The molecule has 0 aliphatic carbocycles. The summed E-state index contributed by atoms with van der Waals surface area (Å²) < 4.78 is 21.9. The van der Waals surface area contributed by atoms with Gasteiger partial charge in [-0.25, -0.2) is 13.9 Å². The number of esters is 1. The highest BCUT2D eigenvalue weighted by Crippen LogP contribution is 2.30. The largest absolute Gasteiger partial charge is 0.469 e. The van der Waals surface area contributed by atoms with Gasteiger partial charge in [0.2, 0.25) is 0 Å². The number of anilines is 1. The highest BCUT2D eigenvalue weighted by molar-refractivity contribution is 5.93. The summed E-state index contributed by atoms with van der Waals surface area (Å²) in [6, 6.07) is 8.80. The summed E-state index contributed by atoms with van der Waals surface area (Å²) in [5.41, 5.74) is 3.36. The van der Waals surface area contributed by atoms with Crippen molar-refractivity contribution < 1.29 is 18.7 Å². The number of hydrogen-bond acceptors (Lipinski definition) is 6. The van der Waals surface area contributed by atoms with Crippen molar-refractivity contribution in [1.82, 2.24) is 19.5 Å². The average Bonchev–Trinajstić information content (AvgIpc) is 3.51. The molecule has 37 heavy (non-hydrogen) atoms. The number of hydrogen-bond donors (Lipinski definition) is 0. The standard InChI is InChI=1S/C28H34FN5O3/c1-4-20-15-25(27(35)33-12-7-5-6-8-18(33)2)30-26-16-24(31-34(20)26)22-10-9-21(14-23(22)29)32-13-11-19(17-32)28(36)37-3/h9-10,14-16,18-19H,4-8,11-13,17H2,1-3H3/t18-,19+/m1/s1. The van der Waals surface area contributed by atoms with Crippen LogP contribution >= 0.6 is 0 Å². The van der Waals surface area contributed by atoms with E-state index in [-0.39, 0.29) is 23.8 Å². The van der Waals surface area contributed by atoms with Crippen molar-refractivity contribution in [3.8, 4) is 11.3 Å². The van der Waals surface area contributed by atoms with Gasteiger partial charge in [0.25, 0.3) is 5.91 Å². The number of methoxy groups -OCH3 is 1. The number of rotatable bonds is 5. The van der Waals surface area contributed by atoms with Crippen molar-refractivity contribution in [2.24, 2.45) is 5.92 Å². The van der Waals surface area contributed by atoms with Crippen LogP contribution in [0.5, 0.6) is 0 Å². The first kappa shape index (κ1) is 25.2. The third-order valence-electron chi connectivity index (χ3n) is 7.71. The lowest BCUT2D eigenvalue weighted by Crippen LogP contribution is -2.38. The molecule has 0 unspecified atom stereocenters. The van der Waals surface area contributed by atoms with E-state index in [1.165, 1.54) is 13.2 Å². The van der Waals surface area contributed by atoms with Gasteiger partial charge in [-0.15, -0.1) is 0 Å². The number of fused-ring (bicyclic) bond motifs is 1. The molecule has 2 aliphatic heterocycles. The number of ether oxygens (including phenoxy) is 1. The fourth-order valence-corrected chi connectivity index (χ4v) is 5.52. The van der Waals surface area contributed by atoms with Crippen LogP contribution in [-0.4, -0.2) is 64.2 Å². The second-order valence-corrected chi connectivity index (χ2v) is 10.1. The fourth-order valence-electron chi connectivity index (χ4n) is 5.52. The van der Waals surface area contributed by atoms with E-state index in [4.69, 9.17) is 4.74 Å². The number of likely N-dealkylation sites (tertiary alicyclic amines) is 1. The zero-order valence-corrected chi connectivity index (χ0v) is 21.7. The molecule has 0 N–H and O–H groups in total. The third kappa shape index (κ3) is 4.91. The summed E-state index contributed by atoms with van der Waals surface area (Å²) in [4.78, 5) is 33.8. The Morgan fingerprint density at radius 3 is 2.70 bits per heavy atom. The van der Waals surface area contributed by atoms with Gasteiger partial charge in [0.15, 0.2) is 5.65 Å². The lowest BCUT2D eigenvalue weighted by Gasteiger charge is -2.27. The molecular weight excluding hydrogens is 473 g/mol. The molecule has 0 spiro atoms. The van der Waals surface area contributed by atoms with E-state index in [0.29, 0.717) is 48.5 Å². The maximum Gasteiger partial charge on any atom is 0.310 e. The first-order valence-corrected chi connectivity index (χ1v) is 13.2. The van der Waals surface area contributed by atoms with E-state index in [1.807, 2.05) is 28.9 Å². The van der Waals surface area contributed by atoms with Gasteiger partial charge in [-0.05, 0) is 56.9 Å². The normalized spacial score (nSPS) is 20.3. The Hall–Kier alpha value is -3.49. The number of carbonyl (C=O) groups is 2. The molecule has 2 aliphatic rings. The SMILES string of the molecule is CCc1cc(C(=O)N2CCCCC[C@H]2C)nc2cc(-c3ccc(N4CC[C@H](C(=O)OC)C4)cc3F)nn12. The van der Waals surface area contributed by atoms with Gasteiger partial charge in [-0.2, -0.15) is 5.10 Å². The van der Waals surface area contributed by atoms with Crippen LogP contribution < -0.4 is 4.90 Å². The smallest absolute Gasteiger partial charge is 0.310 e. The van der Waals surface area contributed by atoms with Crippen LogP contribution in [0.15, 0.2) is 30.3 Å². The molecule has 9 heteroatoms. The molecule has 2 saturated heterocycles. The zero-order valence-electron chi connectivity index (χ0n) is 21.7. The molecule has 0 bridgehead atoms. The topological polar surface area (TPSA) is 80.0 Å². The van der Waals surface area contributed by atoms with Crippen LogP contribution in [0.1, 0.15) is 62.1 Å². The number of carbonyl (C=O) groups excluding carboxylic acids is 2. The van der Waals surface area contributed by atoms with E-state index < -0.39 is 5.82 Å². The van der Waals surface area contributed by atoms with E-state index in [0.717, 1.165) is 43.6 Å². The number of benzene rings is 1. The van der Waals surface area contributed by atoms with Crippen molar-refractivity contribution in [2.75, 3.05) is 31.6 Å². The van der Waals surface area contributed by atoms with E-state index >= 15 is 4.39 Å². The lowest BCUT2D eigenvalue weighted by atomic mass is 10.1. The molecule has 2 fully saturated rings. The molecule has 2 aromatic heterocycles. The lowest BCUT2D eigenvalue weighted by molar-refractivity contribution is -0.144. The Labute approximate surface area is 216 Å². The number of halogens is 1. The predicted molar refractivity (Wildman–Crippen MR) is 139 cm³/mol. The van der Waals surface area contributed by atoms with Crippen molar-refractivity contribution >= 4 is 23.2 Å². The molecule has 196 valence electrons. The Kier molecular flexibility index (Phi) is 7.13. The minimum atomic E-state index is -0.393. The van der Waals surface area contributed by atoms with Crippen molar-refractivity contribution in [2.45, 2.75) is 58.4 Å². The molecule has 1 aromatic carbocycles. The summed E-state index contributed by atoms with van der Waals surface area (Å²) in [5.74, 6) is -0.874. The highest BCUT2D eigenvalue weighted by Gasteiger charge is 2.30. The van der Waals surface area contributed by atoms with Gasteiger partial charge in [0, 0.05) is 48.7 Å². The summed E-state index contributed by atoms with van der Waals surface area (Å²) in [5, 5.41) is 4.65. The van der Waals surface area contributed by atoms with Crippen LogP contribution in [0.2, 0.25) is 0 Å². The molecule has 0 radical (unpaired) electrons. The van der Waals surface area contributed by atoms with Crippen LogP contribution in [0.4, 0.5) is 10.1 Å². The third-order valence-corrected chi connectivity index (χ3v) is 7.71. The van der Waals surface area contributed by atoms with Crippen LogP contribution in [0.25, 0.3) is 16.9 Å². The van der Waals surface area contributed by atoms with Gasteiger partial charge in [0.05, 0.1) is 18.7 Å². The van der Waals surface area contributed by atoms with Crippen molar-refractivity contribution in [1.29, 1.82) is 0 Å². The maximum absolute atomic E-state index is 15.3. The molecule has 2 atom stereocenters. The van der Waals surface area contributed by atoms with Gasteiger partial charge >= 0.3 is 5.97 Å². The number of aryl methyl sites for hydroxylation is 1. The minimum Gasteiger partial charge on any atom is -0.469 e. The Bertz CT molecular complexity index is 1320. The van der Waals surface area contributed by atoms with Gasteiger partial charge in [-0.1, -0.05) is 19.8 Å². The summed E-state index contributed by atoms with van der Waals surface area (Å²) in [6.07, 6.45) is 5.63. The van der Waals surface area contributed by atoms with Gasteiger partial charge < -0.3 is 14.5 Å². The predicted octanol–water partition coefficient (Wildman–Crippen LogP) is 4.50. The average molecular weight is 508 g/mol. The number of aromatic nitrogens is 3. The van der Waals surface area contributed by atoms with Crippen LogP contribution in [0, 0.1) is 11.7 Å². The highest BCUT2D eigenvalue weighted by atomic mass is 19.1. The van der Waals surface area contributed by atoms with E-state index in [9.17, 15) is 9.59 Å². The fraction of sp³-hybridized carbons (Fsp3) is 0.500. The van der Waals surface area contributed by atoms with E-state index in [2.05, 4.69) is 17.0 Å². The second-order valence-electron chi connectivity index (χ2n) is 10.1. The quantitative estimate of drug-likeness (QED) is 0.473. The molecule has 0 saturated carbocycles. The van der Waals surface area contributed by atoms with Gasteiger partial charge in [-0.3, -0.25) is 9.59 Å². The van der Waals surface area contributed by atoms with E-state index in [1.54, 1.807) is 16.6 Å². The van der Waals surface area contributed by atoms with Gasteiger partial charge in [0.1, 0.15) is 11.5 Å². The molecular formula is C28H34FN5O3. The number of amides is 1. The monoisotopic (exact) mass is 507 g/mol.